The van der Waals surface area contributed by atoms with Crippen LogP contribution in [-0.2, 0) is 9.53 Å². The molecule has 1 N–H and O–H groups in total. The zero-order chi connectivity index (χ0) is 24.6. The summed E-state index contributed by atoms with van der Waals surface area (Å²) in [6.45, 7) is 7.17. The molecule has 2 aromatic carbocycles. The number of nitrogens with one attached hydrogen (secondary N) is 1. The smallest absolute Gasteiger partial charge is 0.262 e. The van der Waals surface area contributed by atoms with Gasteiger partial charge in [-0.2, -0.15) is 10.4 Å². The predicted octanol–water partition coefficient (Wildman–Crippen LogP) is 4.61. The first-order valence-corrected chi connectivity index (χ1v) is 11.6. The molecule has 7 heteroatoms. The fourth-order valence-electron chi connectivity index (χ4n) is 3.97. The lowest BCUT2D eigenvalue weighted by Gasteiger charge is -2.10. The number of nitrogens with zero attached hydrogens (tertiary/aromatic N) is 3. The van der Waals surface area contributed by atoms with E-state index >= 15 is 0 Å². The highest BCUT2D eigenvalue weighted by Gasteiger charge is 2.19. The molecule has 1 saturated heterocycles. The van der Waals surface area contributed by atoms with Crippen LogP contribution in [0.3, 0.4) is 0 Å². The van der Waals surface area contributed by atoms with E-state index in [2.05, 4.69) is 11.9 Å². The summed E-state index contributed by atoms with van der Waals surface area (Å²) >= 11 is 0. The summed E-state index contributed by atoms with van der Waals surface area (Å²) in [5, 5.41) is 17.4. The Balaban J connectivity index is 1.69. The minimum atomic E-state index is -0.425. The average Bonchev–Trinajstić information content (AvgIpc) is 3.55. The molecule has 2 heterocycles. The molecule has 1 aliphatic rings. The van der Waals surface area contributed by atoms with Crippen LogP contribution in [0.4, 0.5) is 0 Å². The van der Waals surface area contributed by atoms with Crippen molar-refractivity contribution in [3.8, 4) is 28.8 Å². The third kappa shape index (κ3) is 5.86. The highest BCUT2D eigenvalue weighted by Crippen LogP contribution is 2.30. The topological polar surface area (TPSA) is 89.2 Å². The van der Waals surface area contributed by atoms with Crippen molar-refractivity contribution in [3.05, 3.63) is 84.1 Å². The summed E-state index contributed by atoms with van der Waals surface area (Å²) in [7, 11) is 0. The van der Waals surface area contributed by atoms with Gasteiger partial charge < -0.3 is 14.8 Å². The van der Waals surface area contributed by atoms with E-state index in [9.17, 15) is 10.1 Å². The Hall–Kier alpha value is -4.15. The fourth-order valence-corrected chi connectivity index (χ4v) is 3.97. The standard InChI is InChI=1S/C28H28N4O3/c1-3-13-34-24-11-12-26(20(2)15-24)27-22(19-32(31-27)23-8-5-4-6-9-23)16-21(17-29)28(33)30-18-25-10-7-14-35-25/h3-6,8-9,11-12,15-16,19,25H,1,7,10,13-14,18H2,2H3,(H,30,33)/b21-16-/t25-/m0/s1. The van der Waals surface area contributed by atoms with E-state index < -0.39 is 5.91 Å². The third-order valence-corrected chi connectivity index (χ3v) is 5.76. The van der Waals surface area contributed by atoms with Gasteiger partial charge in [-0.25, -0.2) is 4.68 Å². The Bertz CT molecular complexity index is 1270. The maximum absolute atomic E-state index is 12.8. The number of aromatic nitrogens is 2. The van der Waals surface area contributed by atoms with E-state index in [1.165, 1.54) is 0 Å². The maximum Gasteiger partial charge on any atom is 0.262 e. The van der Waals surface area contributed by atoms with Crippen molar-refractivity contribution in [3.63, 3.8) is 0 Å². The highest BCUT2D eigenvalue weighted by atomic mass is 16.5. The summed E-state index contributed by atoms with van der Waals surface area (Å²) in [4.78, 5) is 12.8. The van der Waals surface area contributed by atoms with Gasteiger partial charge in [0.05, 0.1) is 11.8 Å². The Kier molecular flexibility index (Phi) is 7.76. The monoisotopic (exact) mass is 468 g/mol. The van der Waals surface area contributed by atoms with Crippen LogP contribution in [-0.4, -0.2) is 41.6 Å². The molecule has 1 fully saturated rings. The van der Waals surface area contributed by atoms with Crippen LogP contribution >= 0.6 is 0 Å². The molecule has 35 heavy (non-hydrogen) atoms. The molecule has 178 valence electrons. The SMILES string of the molecule is C=CCOc1ccc(-c2nn(-c3ccccc3)cc2/C=C(/C#N)C(=O)NC[C@@H]2CCCO2)c(C)c1. The first kappa shape index (κ1) is 24.0. The number of hydrogen-bond donors (Lipinski definition) is 1. The number of carbonyl (C=O) groups is 1. The number of ether oxygens (including phenoxy) is 2. The predicted molar refractivity (Wildman–Crippen MR) is 135 cm³/mol. The first-order valence-electron chi connectivity index (χ1n) is 11.6. The van der Waals surface area contributed by atoms with Crippen molar-refractivity contribution in [1.82, 2.24) is 15.1 Å². The number of benzene rings is 2. The Morgan fingerprint density at radius 1 is 1.34 bits per heavy atom. The van der Waals surface area contributed by atoms with Crippen LogP contribution in [0.2, 0.25) is 0 Å². The number of amides is 1. The van der Waals surface area contributed by atoms with Crippen molar-refractivity contribution in [1.29, 1.82) is 5.26 Å². The Labute approximate surface area is 205 Å². The van der Waals surface area contributed by atoms with Crippen molar-refractivity contribution in [2.45, 2.75) is 25.9 Å². The lowest BCUT2D eigenvalue weighted by atomic mass is 10.0. The van der Waals surface area contributed by atoms with Gasteiger partial charge in [-0.3, -0.25) is 4.79 Å². The van der Waals surface area contributed by atoms with Gasteiger partial charge in [0.15, 0.2) is 0 Å². The zero-order valence-corrected chi connectivity index (χ0v) is 19.7. The molecule has 7 nitrogen and oxygen atoms in total. The maximum atomic E-state index is 12.8. The first-order chi connectivity index (χ1) is 17.1. The van der Waals surface area contributed by atoms with E-state index in [1.807, 2.05) is 67.7 Å². The molecule has 0 radical (unpaired) electrons. The van der Waals surface area contributed by atoms with E-state index in [1.54, 1.807) is 16.8 Å². The lowest BCUT2D eigenvalue weighted by Crippen LogP contribution is -2.32. The number of hydrogen-bond acceptors (Lipinski definition) is 5. The summed E-state index contributed by atoms with van der Waals surface area (Å²) in [5.74, 6) is 0.309. The zero-order valence-electron chi connectivity index (χ0n) is 19.7. The van der Waals surface area contributed by atoms with Gasteiger partial charge in [0.25, 0.3) is 5.91 Å². The van der Waals surface area contributed by atoms with Gasteiger partial charge in [0.2, 0.25) is 0 Å². The molecule has 0 aliphatic carbocycles. The van der Waals surface area contributed by atoms with Gasteiger partial charge in [-0.05, 0) is 61.7 Å². The van der Waals surface area contributed by atoms with E-state index in [-0.39, 0.29) is 11.7 Å². The highest BCUT2D eigenvalue weighted by molar-refractivity contribution is 6.02. The van der Waals surface area contributed by atoms with Gasteiger partial charge in [-0.15, -0.1) is 0 Å². The average molecular weight is 469 g/mol. The second-order valence-corrected chi connectivity index (χ2v) is 8.30. The molecule has 1 aliphatic heterocycles. The summed E-state index contributed by atoms with van der Waals surface area (Å²) in [5.41, 5.74) is 4.07. The van der Waals surface area contributed by atoms with Crippen molar-refractivity contribution < 1.29 is 14.3 Å². The lowest BCUT2D eigenvalue weighted by molar-refractivity contribution is -0.117. The second-order valence-electron chi connectivity index (χ2n) is 8.30. The summed E-state index contributed by atoms with van der Waals surface area (Å²) in [6.07, 6.45) is 7.01. The van der Waals surface area contributed by atoms with Crippen LogP contribution in [0.5, 0.6) is 5.75 Å². The van der Waals surface area contributed by atoms with E-state index in [4.69, 9.17) is 14.6 Å². The quantitative estimate of drug-likeness (QED) is 0.281. The van der Waals surface area contributed by atoms with Gasteiger partial charge in [0, 0.05) is 30.5 Å². The van der Waals surface area contributed by atoms with Gasteiger partial charge >= 0.3 is 0 Å². The molecule has 0 unspecified atom stereocenters. The molecule has 1 aromatic heterocycles. The minimum absolute atomic E-state index is 0.000225. The minimum Gasteiger partial charge on any atom is -0.490 e. The Morgan fingerprint density at radius 2 is 2.17 bits per heavy atom. The molecule has 1 atom stereocenters. The second kappa shape index (κ2) is 11.3. The number of aryl methyl sites for hydroxylation is 1. The van der Waals surface area contributed by atoms with Crippen molar-refractivity contribution in [2.75, 3.05) is 19.8 Å². The summed E-state index contributed by atoms with van der Waals surface area (Å²) in [6, 6.07) is 17.5. The number of para-hydroxylation sites is 1. The van der Waals surface area contributed by atoms with Crippen LogP contribution in [0.15, 0.2) is 73.0 Å². The normalized spacial score (nSPS) is 15.4. The summed E-state index contributed by atoms with van der Waals surface area (Å²) < 4.78 is 13.0. The molecule has 3 aromatic rings. The molecule has 0 saturated carbocycles. The number of rotatable bonds is 9. The van der Waals surface area contributed by atoms with E-state index in [0.29, 0.717) is 31.0 Å². The fraction of sp³-hybridized carbons (Fsp3) is 0.250. The number of carbonyl (C=O) groups excluding carboxylic acids is 1. The van der Waals surface area contributed by atoms with Crippen LogP contribution in [0, 0.1) is 18.3 Å². The molecule has 0 spiro atoms. The van der Waals surface area contributed by atoms with Crippen molar-refractivity contribution >= 4 is 12.0 Å². The van der Waals surface area contributed by atoms with Crippen LogP contribution in [0.1, 0.15) is 24.0 Å². The molecule has 4 rings (SSSR count). The molecule has 0 bridgehead atoms. The molecule has 1 amide bonds. The van der Waals surface area contributed by atoms with Crippen molar-refractivity contribution in [2.24, 2.45) is 0 Å². The van der Waals surface area contributed by atoms with Gasteiger partial charge in [0.1, 0.15) is 29.7 Å². The van der Waals surface area contributed by atoms with Gasteiger partial charge in [-0.1, -0.05) is 30.9 Å². The van der Waals surface area contributed by atoms with Crippen LogP contribution < -0.4 is 10.1 Å². The molecular formula is C28H28N4O3. The number of nitriles is 1. The third-order valence-electron chi connectivity index (χ3n) is 5.76. The van der Waals surface area contributed by atoms with E-state index in [0.717, 1.165) is 35.4 Å². The van der Waals surface area contributed by atoms with Crippen LogP contribution in [0.25, 0.3) is 23.0 Å². The Morgan fingerprint density at radius 3 is 2.86 bits per heavy atom. The largest absolute Gasteiger partial charge is 0.490 e. The molecular weight excluding hydrogens is 440 g/mol.